The Balaban J connectivity index is 2.01. The van der Waals surface area contributed by atoms with Crippen LogP contribution in [0.3, 0.4) is 0 Å². The lowest BCUT2D eigenvalue weighted by Crippen LogP contribution is -2.44. The number of benzene rings is 3. The molecule has 0 fully saturated rings. The molecule has 4 aromatic rings. The number of carbonyl (C=O) groups is 1. The van der Waals surface area contributed by atoms with Crippen LogP contribution < -0.4 is 16.0 Å². The summed E-state index contributed by atoms with van der Waals surface area (Å²) in [6, 6.07) is 13.9. The molecule has 1 aromatic heterocycles. The second kappa shape index (κ2) is 10.7. The number of ether oxygens (including phenoxy) is 1. The Morgan fingerprint density at radius 3 is 2.21 bits per heavy atom. The molecule has 0 unspecified atom stereocenters. The van der Waals surface area contributed by atoms with Crippen molar-refractivity contribution in [1.82, 2.24) is 9.13 Å². The zero-order valence-corrected chi connectivity index (χ0v) is 20.7. The summed E-state index contributed by atoms with van der Waals surface area (Å²) < 4.78 is 77.3. The normalized spacial score (nSPS) is 11.5. The van der Waals surface area contributed by atoms with E-state index in [1.807, 2.05) is 0 Å². The van der Waals surface area contributed by atoms with Gasteiger partial charge in [-0.3, -0.25) is 18.7 Å². The lowest BCUT2D eigenvalue weighted by atomic mass is 10.0. The highest BCUT2D eigenvalue weighted by atomic mass is 19.4. The maximum atomic E-state index is 15.3. The lowest BCUT2D eigenvalue weighted by molar-refractivity contribution is -0.138. The van der Waals surface area contributed by atoms with Crippen molar-refractivity contribution in [3.05, 3.63) is 122 Å². The molecule has 1 heterocycles. The monoisotopic (exact) mass is 544 g/mol. The highest BCUT2D eigenvalue weighted by Crippen LogP contribution is 2.34. The topological polar surface area (TPSA) is 70.3 Å². The van der Waals surface area contributed by atoms with Crippen molar-refractivity contribution in [2.45, 2.75) is 26.2 Å². The smallest absolute Gasteiger partial charge is 0.416 e. The van der Waals surface area contributed by atoms with Gasteiger partial charge in [0.25, 0.3) is 5.56 Å². The molecule has 0 saturated carbocycles. The van der Waals surface area contributed by atoms with E-state index in [4.69, 9.17) is 4.74 Å². The number of Topliss-reactive ketones (excluding diaryl/α,β-unsaturated/α-hetero) is 1. The standard InChI is InChI=1S/C28H21F5N2O4/c1-16-24(18-10-6-13-23(39-2)25(18)30)26(37)35(15-22(36)17-8-4-3-5-9-17)27(38)34(16)14-19-20(28(31,32)33)11-7-12-21(19)29/h3-13H,14-15H2,1-2H3. The first-order valence-electron chi connectivity index (χ1n) is 11.6. The summed E-state index contributed by atoms with van der Waals surface area (Å²) in [5.41, 5.74) is -5.14. The zero-order valence-electron chi connectivity index (χ0n) is 20.7. The van der Waals surface area contributed by atoms with E-state index < -0.39 is 64.6 Å². The summed E-state index contributed by atoms with van der Waals surface area (Å²) in [6.07, 6.45) is -4.95. The average Bonchev–Trinajstić information content (AvgIpc) is 2.90. The van der Waals surface area contributed by atoms with Crippen LogP contribution in [-0.4, -0.2) is 22.0 Å². The molecule has 6 nitrogen and oxygen atoms in total. The number of aromatic nitrogens is 2. The number of carbonyl (C=O) groups excluding carboxylic acids is 1. The van der Waals surface area contributed by atoms with E-state index in [1.54, 1.807) is 18.2 Å². The van der Waals surface area contributed by atoms with E-state index in [9.17, 15) is 31.9 Å². The fraction of sp³-hybridized carbons (Fsp3) is 0.179. The Morgan fingerprint density at radius 1 is 0.897 bits per heavy atom. The minimum Gasteiger partial charge on any atom is -0.494 e. The predicted octanol–water partition coefficient (Wildman–Crippen LogP) is 5.22. The van der Waals surface area contributed by atoms with Gasteiger partial charge in [-0.1, -0.05) is 48.5 Å². The van der Waals surface area contributed by atoms with Crippen LogP contribution in [0.2, 0.25) is 0 Å². The molecule has 3 aromatic carbocycles. The number of rotatable bonds is 7. The van der Waals surface area contributed by atoms with Crippen LogP contribution >= 0.6 is 0 Å². The summed E-state index contributed by atoms with van der Waals surface area (Å²) >= 11 is 0. The van der Waals surface area contributed by atoms with Crippen molar-refractivity contribution >= 4 is 5.78 Å². The SMILES string of the molecule is COc1cccc(-c2c(C)n(Cc3c(F)cccc3C(F)(F)F)c(=O)n(CC(=O)c3ccccc3)c2=O)c1F. The molecule has 202 valence electrons. The van der Waals surface area contributed by atoms with Crippen LogP contribution in [0.4, 0.5) is 22.0 Å². The van der Waals surface area contributed by atoms with Gasteiger partial charge in [-0.25, -0.2) is 13.6 Å². The van der Waals surface area contributed by atoms with Gasteiger partial charge in [-0.2, -0.15) is 13.2 Å². The molecular formula is C28H21F5N2O4. The molecule has 0 saturated heterocycles. The fourth-order valence-electron chi connectivity index (χ4n) is 4.30. The van der Waals surface area contributed by atoms with Crippen molar-refractivity contribution in [1.29, 1.82) is 0 Å². The third-order valence-electron chi connectivity index (χ3n) is 6.28. The molecule has 39 heavy (non-hydrogen) atoms. The number of halogens is 5. The average molecular weight is 544 g/mol. The Bertz CT molecular complexity index is 1670. The largest absolute Gasteiger partial charge is 0.494 e. The van der Waals surface area contributed by atoms with Crippen molar-refractivity contribution in [2.75, 3.05) is 7.11 Å². The molecule has 0 aliphatic carbocycles. The van der Waals surface area contributed by atoms with Crippen molar-refractivity contribution in [3.8, 4) is 16.9 Å². The van der Waals surface area contributed by atoms with E-state index in [-0.39, 0.29) is 22.6 Å². The fourth-order valence-corrected chi connectivity index (χ4v) is 4.30. The van der Waals surface area contributed by atoms with E-state index >= 15 is 4.39 Å². The number of methoxy groups -OCH3 is 1. The van der Waals surface area contributed by atoms with E-state index in [2.05, 4.69) is 0 Å². The summed E-state index contributed by atoms with van der Waals surface area (Å²) in [7, 11) is 1.20. The number of hydrogen-bond donors (Lipinski definition) is 0. The third-order valence-corrected chi connectivity index (χ3v) is 6.28. The molecular weight excluding hydrogens is 523 g/mol. The molecule has 0 radical (unpaired) electrons. The van der Waals surface area contributed by atoms with E-state index in [0.29, 0.717) is 10.6 Å². The number of alkyl halides is 3. The minimum absolute atomic E-state index is 0.165. The lowest BCUT2D eigenvalue weighted by Gasteiger charge is -2.20. The van der Waals surface area contributed by atoms with Gasteiger partial charge in [0.05, 0.1) is 31.3 Å². The van der Waals surface area contributed by atoms with Gasteiger partial charge >= 0.3 is 11.9 Å². The van der Waals surface area contributed by atoms with Crippen molar-refractivity contribution < 1.29 is 31.5 Å². The Morgan fingerprint density at radius 2 is 1.56 bits per heavy atom. The third kappa shape index (κ3) is 5.25. The Hall–Kier alpha value is -4.54. The summed E-state index contributed by atoms with van der Waals surface area (Å²) in [6.45, 7) is -0.497. The van der Waals surface area contributed by atoms with E-state index in [1.165, 1.54) is 44.4 Å². The first-order valence-corrected chi connectivity index (χ1v) is 11.6. The molecule has 0 amide bonds. The molecule has 11 heteroatoms. The van der Waals surface area contributed by atoms with Crippen molar-refractivity contribution in [3.63, 3.8) is 0 Å². The summed E-state index contributed by atoms with van der Waals surface area (Å²) in [5.74, 6) is -3.08. The predicted molar refractivity (Wildman–Crippen MR) is 133 cm³/mol. The van der Waals surface area contributed by atoms with Gasteiger partial charge in [-0.15, -0.1) is 0 Å². The molecule has 0 atom stereocenters. The second-order valence-corrected chi connectivity index (χ2v) is 8.60. The van der Waals surface area contributed by atoms with Crippen LogP contribution in [0.15, 0.2) is 76.3 Å². The highest BCUT2D eigenvalue weighted by molar-refractivity contribution is 5.95. The quantitative estimate of drug-likeness (QED) is 0.236. The van der Waals surface area contributed by atoms with Crippen LogP contribution in [0.5, 0.6) is 5.75 Å². The Kier molecular flexibility index (Phi) is 7.53. The molecule has 0 aliphatic heterocycles. The van der Waals surface area contributed by atoms with Gasteiger partial charge < -0.3 is 4.74 Å². The Labute approximate surface area is 218 Å². The van der Waals surface area contributed by atoms with Crippen LogP contribution in [0, 0.1) is 18.6 Å². The number of hydrogen-bond acceptors (Lipinski definition) is 4. The van der Waals surface area contributed by atoms with E-state index in [0.717, 1.165) is 16.7 Å². The van der Waals surface area contributed by atoms with Crippen molar-refractivity contribution in [2.24, 2.45) is 0 Å². The van der Waals surface area contributed by atoms with Crippen LogP contribution in [-0.2, 0) is 19.3 Å². The molecule has 0 bridgehead atoms. The van der Waals surface area contributed by atoms with Crippen LogP contribution in [0.1, 0.15) is 27.2 Å². The maximum Gasteiger partial charge on any atom is 0.416 e. The van der Waals surface area contributed by atoms with Gasteiger partial charge in [-0.05, 0) is 25.1 Å². The highest BCUT2D eigenvalue weighted by Gasteiger charge is 2.35. The first kappa shape index (κ1) is 27.5. The maximum absolute atomic E-state index is 15.3. The summed E-state index contributed by atoms with van der Waals surface area (Å²) in [4.78, 5) is 40.0. The second-order valence-electron chi connectivity index (χ2n) is 8.60. The number of nitrogens with zero attached hydrogens (tertiary/aromatic N) is 2. The van der Waals surface area contributed by atoms with Gasteiger partial charge in [0.1, 0.15) is 5.82 Å². The summed E-state index contributed by atoms with van der Waals surface area (Å²) in [5, 5.41) is 0. The molecule has 0 spiro atoms. The molecule has 4 rings (SSSR count). The zero-order chi connectivity index (χ0) is 28.5. The van der Waals surface area contributed by atoms with Crippen LogP contribution in [0.25, 0.3) is 11.1 Å². The van der Waals surface area contributed by atoms with Gasteiger partial charge in [0, 0.05) is 22.4 Å². The number of ketones is 1. The minimum atomic E-state index is -4.95. The molecule has 0 N–H and O–H groups in total. The van der Waals surface area contributed by atoms with Gasteiger partial charge in [0.2, 0.25) is 0 Å². The van der Waals surface area contributed by atoms with Gasteiger partial charge in [0.15, 0.2) is 17.3 Å². The first-order chi connectivity index (χ1) is 18.5. The molecule has 0 aliphatic rings.